The number of aliphatic hydroxyl groups excluding tert-OH is 1. The van der Waals surface area contributed by atoms with Crippen molar-refractivity contribution in [2.45, 2.75) is 27.2 Å². The lowest BCUT2D eigenvalue weighted by Crippen LogP contribution is -2.39. The molecule has 0 aromatic carbocycles. The van der Waals surface area contributed by atoms with Gasteiger partial charge in [0.05, 0.1) is 12.2 Å². The lowest BCUT2D eigenvalue weighted by atomic mass is 9.96. The van der Waals surface area contributed by atoms with Crippen LogP contribution in [0.25, 0.3) is 0 Å². The first-order chi connectivity index (χ1) is 9.81. The van der Waals surface area contributed by atoms with Gasteiger partial charge in [-0.2, -0.15) is 0 Å². The van der Waals surface area contributed by atoms with Gasteiger partial charge in [0, 0.05) is 25.9 Å². The molecule has 0 spiro atoms. The SMILES string of the molecule is CC(C)(C)CN(CCCO)CC(=O)Nc1cccnc1Cl. The van der Waals surface area contributed by atoms with E-state index in [9.17, 15) is 4.79 Å². The molecule has 1 rings (SSSR count). The Hall–Kier alpha value is -1.17. The molecular formula is C15H24ClN3O2. The van der Waals surface area contributed by atoms with Gasteiger partial charge in [0.15, 0.2) is 5.15 Å². The maximum absolute atomic E-state index is 12.1. The Labute approximate surface area is 131 Å². The molecule has 6 heteroatoms. The highest BCUT2D eigenvalue weighted by atomic mass is 35.5. The zero-order valence-corrected chi connectivity index (χ0v) is 13.7. The molecule has 1 aromatic rings. The number of nitrogens with zero attached hydrogens (tertiary/aromatic N) is 2. The van der Waals surface area contributed by atoms with Crippen molar-refractivity contribution in [1.29, 1.82) is 0 Å². The van der Waals surface area contributed by atoms with E-state index in [1.54, 1.807) is 18.3 Å². The molecule has 0 fully saturated rings. The third-order valence-electron chi connectivity index (χ3n) is 2.73. The number of rotatable bonds is 7. The molecule has 0 saturated carbocycles. The van der Waals surface area contributed by atoms with Crippen LogP contribution in [0.2, 0.25) is 5.15 Å². The summed E-state index contributed by atoms with van der Waals surface area (Å²) in [6.07, 6.45) is 2.22. The van der Waals surface area contributed by atoms with Crippen LogP contribution in [0.3, 0.4) is 0 Å². The van der Waals surface area contributed by atoms with E-state index >= 15 is 0 Å². The maximum Gasteiger partial charge on any atom is 0.238 e. The monoisotopic (exact) mass is 313 g/mol. The maximum atomic E-state index is 12.1. The Morgan fingerprint density at radius 3 is 2.76 bits per heavy atom. The van der Waals surface area contributed by atoms with E-state index in [0.29, 0.717) is 18.7 Å². The molecule has 1 amide bonds. The summed E-state index contributed by atoms with van der Waals surface area (Å²) in [5.41, 5.74) is 0.601. The van der Waals surface area contributed by atoms with Crippen LogP contribution in [0.5, 0.6) is 0 Å². The third kappa shape index (κ3) is 7.41. The molecule has 1 heterocycles. The number of pyridine rings is 1. The summed E-state index contributed by atoms with van der Waals surface area (Å²) < 4.78 is 0. The van der Waals surface area contributed by atoms with Gasteiger partial charge in [0.25, 0.3) is 0 Å². The average Bonchev–Trinajstić information content (AvgIpc) is 2.37. The van der Waals surface area contributed by atoms with Crippen molar-refractivity contribution in [3.05, 3.63) is 23.5 Å². The summed E-state index contributed by atoms with van der Waals surface area (Å²) in [7, 11) is 0. The molecule has 0 radical (unpaired) electrons. The third-order valence-corrected chi connectivity index (χ3v) is 3.03. The van der Waals surface area contributed by atoms with Crippen LogP contribution in [-0.2, 0) is 4.79 Å². The normalized spacial score (nSPS) is 11.7. The van der Waals surface area contributed by atoms with Crippen molar-refractivity contribution in [2.75, 3.05) is 31.6 Å². The number of nitrogens with one attached hydrogen (secondary N) is 1. The largest absolute Gasteiger partial charge is 0.396 e. The Morgan fingerprint density at radius 1 is 1.48 bits per heavy atom. The summed E-state index contributed by atoms with van der Waals surface area (Å²) in [6, 6.07) is 3.44. The topological polar surface area (TPSA) is 65.5 Å². The first-order valence-electron chi connectivity index (χ1n) is 7.05. The minimum Gasteiger partial charge on any atom is -0.396 e. The molecule has 118 valence electrons. The predicted octanol–water partition coefficient (Wildman–Crippen LogP) is 2.40. The van der Waals surface area contributed by atoms with Crippen molar-refractivity contribution >= 4 is 23.2 Å². The Morgan fingerprint density at radius 2 is 2.19 bits per heavy atom. The second kappa shape index (κ2) is 8.32. The van der Waals surface area contributed by atoms with Gasteiger partial charge in [-0.25, -0.2) is 4.98 Å². The van der Waals surface area contributed by atoms with Crippen LogP contribution in [0.1, 0.15) is 27.2 Å². The highest BCUT2D eigenvalue weighted by Gasteiger charge is 2.19. The summed E-state index contributed by atoms with van der Waals surface area (Å²) in [5.74, 6) is -0.132. The van der Waals surface area contributed by atoms with Crippen molar-refractivity contribution in [3.63, 3.8) is 0 Å². The number of hydrogen-bond donors (Lipinski definition) is 2. The van der Waals surface area contributed by atoms with Crippen LogP contribution in [0.15, 0.2) is 18.3 Å². The number of hydrogen-bond acceptors (Lipinski definition) is 4. The molecule has 1 aromatic heterocycles. The number of carbonyl (C=O) groups is 1. The molecule has 0 atom stereocenters. The molecule has 5 nitrogen and oxygen atoms in total. The zero-order valence-electron chi connectivity index (χ0n) is 12.9. The molecule has 0 bridgehead atoms. The second-order valence-corrected chi connectivity index (χ2v) is 6.60. The van der Waals surface area contributed by atoms with E-state index in [1.165, 1.54) is 0 Å². The molecule has 0 saturated heterocycles. The molecule has 0 aliphatic heterocycles. The van der Waals surface area contributed by atoms with E-state index in [0.717, 1.165) is 6.54 Å². The van der Waals surface area contributed by atoms with Crippen molar-refractivity contribution < 1.29 is 9.90 Å². The molecule has 0 aliphatic carbocycles. The second-order valence-electron chi connectivity index (χ2n) is 6.24. The Bertz CT molecular complexity index is 460. The van der Waals surface area contributed by atoms with Crippen LogP contribution in [-0.4, -0.2) is 47.1 Å². The minimum absolute atomic E-state index is 0.0850. The van der Waals surface area contributed by atoms with Crippen molar-refractivity contribution in [1.82, 2.24) is 9.88 Å². The van der Waals surface area contributed by atoms with Gasteiger partial charge in [-0.15, -0.1) is 0 Å². The predicted molar refractivity (Wildman–Crippen MR) is 85.5 cm³/mol. The van der Waals surface area contributed by atoms with E-state index in [4.69, 9.17) is 16.7 Å². The summed E-state index contributed by atoms with van der Waals surface area (Å²) in [6.45, 7) is 8.21. The van der Waals surface area contributed by atoms with E-state index in [-0.39, 0.29) is 29.6 Å². The Balaban J connectivity index is 2.61. The van der Waals surface area contributed by atoms with Crippen LogP contribution in [0.4, 0.5) is 5.69 Å². The van der Waals surface area contributed by atoms with Crippen LogP contribution < -0.4 is 5.32 Å². The first-order valence-corrected chi connectivity index (χ1v) is 7.43. The fraction of sp³-hybridized carbons (Fsp3) is 0.600. The highest BCUT2D eigenvalue weighted by molar-refractivity contribution is 6.32. The standard InChI is InChI=1S/C15H24ClN3O2/c1-15(2,3)11-19(8-5-9-20)10-13(21)18-12-6-4-7-17-14(12)16/h4,6-7,20H,5,8-11H2,1-3H3,(H,18,21). The number of carbonyl (C=O) groups excluding carboxylic acids is 1. The highest BCUT2D eigenvalue weighted by Crippen LogP contribution is 2.18. The lowest BCUT2D eigenvalue weighted by molar-refractivity contribution is -0.117. The van der Waals surface area contributed by atoms with Crippen molar-refractivity contribution in [2.24, 2.45) is 5.41 Å². The number of halogens is 1. The first kappa shape index (κ1) is 17.9. The molecule has 21 heavy (non-hydrogen) atoms. The summed E-state index contributed by atoms with van der Waals surface area (Å²) >= 11 is 5.92. The number of aromatic nitrogens is 1. The number of amides is 1. The van der Waals surface area contributed by atoms with Gasteiger partial charge in [-0.1, -0.05) is 32.4 Å². The van der Waals surface area contributed by atoms with Gasteiger partial charge in [-0.05, 0) is 24.0 Å². The van der Waals surface area contributed by atoms with Crippen molar-refractivity contribution in [3.8, 4) is 0 Å². The summed E-state index contributed by atoms with van der Waals surface area (Å²) in [4.78, 5) is 18.1. The van der Waals surface area contributed by atoms with Gasteiger partial charge < -0.3 is 10.4 Å². The number of anilines is 1. The minimum atomic E-state index is -0.132. The van der Waals surface area contributed by atoms with Crippen LogP contribution >= 0.6 is 11.6 Å². The average molecular weight is 314 g/mol. The lowest BCUT2D eigenvalue weighted by Gasteiger charge is -2.29. The molecular weight excluding hydrogens is 290 g/mol. The fourth-order valence-corrected chi connectivity index (χ4v) is 2.22. The zero-order chi connectivity index (χ0) is 15.9. The van der Waals surface area contributed by atoms with Crippen LogP contribution in [0, 0.1) is 5.41 Å². The van der Waals surface area contributed by atoms with E-state index in [2.05, 4.69) is 31.1 Å². The van der Waals surface area contributed by atoms with Gasteiger partial charge in [-0.3, -0.25) is 9.69 Å². The quantitative estimate of drug-likeness (QED) is 0.759. The molecule has 2 N–H and O–H groups in total. The fourth-order valence-electron chi connectivity index (χ4n) is 2.05. The molecule has 0 unspecified atom stereocenters. The molecule has 0 aliphatic rings. The number of aliphatic hydroxyl groups is 1. The van der Waals surface area contributed by atoms with Gasteiger partial charge >= 0.3 is 0 Å². The summed E-state index contributed by atoms with van der Waals surface area (Å²) in [5, 5.41) is 12.0. The van der Waals surface area contributed by atoms with E-state index in [1.807, 2.05) is 4.90 Å². The Kier molecular flexibility index (Phi) is 7.08. The van der Waals surface area contributed by atoms with E-state index < -0.39 is 0 Å². The van der Waals surface area contributed by atoms with Gasteiger partial charge in [0.1, 0.15) is 0 Å². The van der Waals surface area contributed by atoms with Gasteiger partial charge in [0.2, 0.25) is 5.91 Å². The smallest absolute Gasteiger partial charge is 0.238 e.